The molecule has 4 rings (SSSR count). The van der Waals surface area contributed by atoms with Gasteiger partial charge in [-0.2, -0.15) is 8.78 Å². The second kappa shape index (κ2) is 11.3. The summed E-state index contributed by atoms with van der Waals surface area (Å²) in [4.78, 5) is 29.0. The molecule has 1 heterocycles. The Morgan fingerprint density at radius 3 is 2.49 bits per heavy atom. The number of amides is 2. The highest BCUT2D eigenvalue weighted by Gasteiger charge is 2.48. The number of benzene rings is 2. The van der Waals surface area contributed by atoms with Crippen molar-refractivity contribution in [1.82, 2.24) is 15.1 Å². The first-order valence-electron chi connectivity index (χ1n) is 12.2. The summed E-state index contributed by atoms with van der Waals surface area (Å²) >= 11 is 0. The number of hydrogen-bond donors (Lipinski definition) is 1. The van der Waals surface area contributed by atoms with Gasteiger partial charge in [-0.15, -0.1) is 0 Å². The van der Waals surface area contributed by atoms with Crippen LogP contribution in [0.5, 0.6) is 0 Å². The van der Waals surface area contributed by atoms with E-state index in [1.807, 2.05) is 72.6 Å². The van der Waals surface area contributed by atoms with Gasteiger partial charge in [0.1, 0.15) is 11.6 Å². The van der Waals surface area contributed by atoms with Gasteiger partial charge < -0.3 is 15.0 Å². The monoisotopic (exact) mass is 485 g/mol. The van der Waals surface area contributed by atoms with Crippen molar-refractivity contribution in [2.75, 3.05) is 26.7 Å². The van der Waals surface area contributed by atoms with Crippen molar-refractivity contribution in [3.63, 3.8) is 0 Å². The molecule has 2 aromatic carbocycles. The van der Waals surface area contributed by atoms with Gasteiger partial charge >= 0.3 is 6.43 Å². The molecule has 2 aliphatic rings. The van der Waals surface area contributed by atoms with E-state index in [4.69, 9.17) is 4.74 Å². The summed E-state index contributed by atoms with van der Waals surface area (Å²) in [5.74, 6) is -1.34. The van der Waals surface area contributed by atoms with Crippen molar-refractivity contribution in [3.8, 4) is 0 Å². The van der Waals surface area contributed by atoms with E-state index in [0.29, 0.717) is 19.4 Å². The highest BCUT2D eigenvalue weighted by atomic mass is 19.3. The van der Waals surface area contributed by atoms with Crippen LogP contribution in [-0.4, -0.2) is 66.4 Å². The van der Waals surface area contributed by atoms with Gasteiger partial charge in [0, 0.05) is 13.1 Å². The fraction of sp³-hybridized carbons (Fsp3) is 0.481. The molecule has 0 bridgehead atoms. The lowest BCUT2D eigenvalue weighted by atomic mass is 9.78. The van der Waals surface area contributed by atoms with Gasteiger partial charge in [0.2, 0.25) is 5.91 Å². The number of hydrogen-bond acceptors (Lipinski definition) is 4. The van der Waals surface area contributed by atoms with Gasteiger partial charge in [-0.3, -0.25) is 14.5 Å². The van der Waals surface area contributed by atoms with Crippen LogP contribution < -0.4 is 5.32 Å². The number of nitrogens with zero attached hydrogens (tertiary/aromatic N) is 2. The number of carbonyl (C=O) groups excluding carboxylic acids is 2. The number of nitrogens with one attached hydrogen (secondary N) is 1. The van der Waals surface area contributed by atoms with Crippen molar-refractivity contribution in [3.05, 3.63) is 71.8 Å². The van der Waals surface area contributed by atoms with Crippen molar-refractivity contribution < 1.29 is 23.1 Å². The summed E-state index contributed by atoms with van der Waals surface area (Å²) in [6.45, 7) is 0.965. The minimum Gasteiger partial charge on any atom is -0.369 e. The average Bonchev–Trinajstić information content (AvgIpc) is 2.86. The van der Waals surface area contributed by atoms with Crippen LogP contribution in [-0.2, 0) is 20.9 Å². The van der Waals surface area contributed by atoms with E-state index < -0.39 is 24.0 Å². The van der Waals surface area contributed by atoms with Crippen LogP contribution in [0.4, 0.5) is 8.78 Å². The number of rotatable bonds is 7. The highest BCUT2D eigenvalue weighted by Crippen LogP contribution is 2.36. The first-order valence-corrected chi connectivity index (χ1v) is 12.2. The third-order valence-corrected chi connectivity index (χ3v) is 7.08. The predicted molar refractivity (Wildman–Crippen MR) is 129 cm³/mol. The molecule has 8 heteroatoms. The van der Waals surface area contributed by atoms with Gasteiger partial charge in [0.15, 0.2) is 0 Å². The first kappa shape index (κ1) is 25.3. The molecule has 6 nitrogen and oxygen atoms in total. The van der Waals surface area contributed by atoms with E-state index in [-0.39, 0.29) is 31.6 Å². The topological polar surface area (TPSA) is 61.9 Å². The van der Waals surface area contributed by atoms with Crippen molar-refractivity contribution in [2.45, 2.75) is 56.3 Å². The maximum Gasteiger partial charge on any atom is 0.315 e. The minimum atomic E-state index is -3.05. The lowest BCUT2D eigenvalue weighted by molar-refractivity contribution is -0.172. The van der Waals surface area contributed by atoms with Crippen molar-refractivity contribution in [2.24, 2.45) is 0 Å². The maximum atomic E-state index is 13.8. The molecule has 1 N–H and O–H groups in total. The summed E-state index contributed by atoms with van der Waals surface area (Å²) in [7, 11) is 1.92. The SMILES string of the molecule is CN(Cc1ccccc1)C(C(=O)N[C@@H]1CCCC[C@]12CN(C(=O)C(F)F)CCO2)c1ccccc1. The number of alkyl halides is 2. The van der Waals surface area contributed by atoms with Crippen LogP contribution in [0.1, 0.15) is 42.9 Å². The molecule has 1 aliphatic carbocycles. The van der Waals surface area contributed by atoms with E-state index in [1.165, 1.54) is 4.90 Å². The van der Waals surface area contributed by atoms with Crippen LogP contribution in [0.25, 0.3) is 0 Å². The number of ether oxygens (including phenoxy) is 1. The van der Waals surface area contributed by atoms with Gasteiger partial charge in [-0.25, -0.2) is 0 Å². The van der Waals surface area contributed by atoms with Gasteiger partial charge in [-0.1, -0.05) is 73.5 Å². The molecule has 1 saturated carbocycles. The molecule has 1 saturated heterocycles. The smallest absolute Gasteiger partial charge is 0.315 e. The van der Waals surface area contributed by atoms with E-state index in [1.54, 1.807) is 0 Å². The Bertz CT molecular complexity index is 988. The molecule has 0 aromatic heterocycles. The Labute approximate surface area is 205 Å². The van der Waals surface area contributed by atoms with E-state index in [9.17, 15) is 18.4 Å². The summed E-state index contributed by atoms with van der Waals surface area (Å²) in [6.07, 6.45) is -0.00283. The Morgan fingerprint density at radius 1 is 1.11 bits per heavy atom. The third-order valence-electron chi connectivity index (χ3n) is 7.08. The number of likely N-dealkylation sites (N-methyl/N-ethyl adjacent to an activating group) is 1. The van der Waals surface area contributed by atoms with E-state index in [2.05, 4.69) is 5.32 Å². The van der Waals surface area contributed by atoms with Crippen molar-refractivity contribution in [1.29, 1.82) is 0 Å². The number of halogens is 2. The second-order valence-corrected chi connectivity index (χ2v) is 9.49. The van der Waals surface area contributed by atoms with Crippen LogP contribution in [0.15, 0.2) is 60.7 Å². The number of carbonyl (C=O) groups is 2. The predicted octanol–water partition coefficient (Wildman–Crippen LogP) is 3.78. The summed E-state index contributed by atoms with van der Waals surface area (Å²) < 4.78 is 32.4. The highest BCUT2D eigenvalue weighted by molar-refractivity contribution is 5.83. The lowest BCUT2D eigenvalue weighted by Gasteiger charge is -2.49. The maximum absolute atomic E-state index is 13.8. The average molecular weight is 486 g/mol. The number of morpholine rings is 1. The standard InChI is InChI=1S/C27H33F2N3O3/c1-31(18-20-10-4-2-5-11-20)23(21-12-6-3-7-13-21)25(33)30-22-14-8-9-15-27(22)19-32(16-17-35-27)26(34)24(28)29/h2-7,10-13,22-24H,8-9,14-19H2,1H3,(H,30,33)/t22-,23?,27+/m1/s1. The third kappa shape index (κ3) is 5.87. The summed E-state index contributed by atoms with van der Waals surface area (Å²) in [5.41, 5.74) is 1.11. The quantitative estimate of drug-likeness (QED) is 0.649. The zero-order valence-electron chi connectivity index (χ0n) is 20.0. The molecule has 2 fully saturated rings. The molecule has 2 aromatic rings. The lowest BCUT2D eigenvalue weighted by Crippen LogP contribution is -2.65. The molecule has 1 aliphatic heterocycles. The molecular weight excluding hydrogens is 452 g/mol. The Kier molecular flexibility index (Phi) is 8.13. The largest absolute Gasteiger partial charge is 0.369 e. The molecule has 2 amide bonds. The van der Waals surface area contributed by atoms with E-state index >= 15 is 0 Å². The van der Waals surface area contributed by atoms with Crippen LogP contribution in [0.3, 0.4) is 0 Å². The van der Waals surface area contributed by atoms with Crippen molar-refractivity contribution >= 4 is 11.8 Å². The minimum absolute atomic E-state index is 0.0664. The van der Waals surface area contributed by atoms with Gasteiger partial charge in [0.05, 0.1) is 19.2 Å². The first-order chi connectivity index (χ1) is 16.9. The molecular formula is C27H33F2N3O3. The van der Waals surface area contributed by atoms with E-state index in [0.717, 1.165) is 24.0 Å². The normalized spacial score (nSPS) is 23.5. The molecule has 1 spiro atoms. The van der Waals surface area contributed by atoms with Gasteiger partial charge in [0.25, 0.3) is 5.91 Å². The molecule has 1 unspecified atom stereocenters. The molecule has 188 valence electrons. The molecule has 35 heavy (non-hydrogen) atoms. The molecule has 3 atom stereocenters. The fourth-order valence-corrected chi connectivity index (χ4v) is 5.36. The van der Waals surface area contributed by atoms with Crippen LogP contribution in [0.2, 0.25) is 0 Å². The Hall–Kier alpha value is -2.84. The van der Waals surface area contributed by atoms with Crippen LogP contribution in [0, 0.1) is 0 Å². The fourth-order valence-electron chi connectivity index (χ4n) is 5.36. The Balaban J connectivity index is 1.55. The summed E-state index contributed by atoms with van der Waals surface area (Å²) in [5, 5.41) is 3.20. The van der Waals surface area contributed by atoms with Crippen LogP contribution >= 0.6 is 0 Å². The molecule has 0 radical (unpaired) electrons. The zero-order chi connectivity index (χ0) is 24.8. The zero-order valence-corrected chi connectivity index (χ0v) is 20.0. The Morgan fingerprint density at radius 2 is 1.80 bits per heavy atom. The summed E-state index contributed by atoms with van der Waals surface area (Å²) in [6, 6.07) is 18.6. The van der Waals surface area contributed by atoms with Gasteiger partial charge in [-0.05, 0) is 31.0 Å². The second-order valence-electron chi connectivity index (χ2n) is 9.49.